The van der Waals surface area contributed by atoms with Crippen LogP contribution in [-0.4, -0.2) is 33.0 Å². The minimum Gasteiger partial charge on any atom is -0.478 e. The molecule has 2 aromatic rings. The van der Waals surface area contributed by atoms with E-state index in [1.54, 1.807) is 24.4 Å². The van der Waals surface area contributed by atoms with Crippen molar-refractivity contribution >= 4 is 15.9 Å². The second-order valence-electron chi connectivity index (χ2n) is 4.82. The Kier molecular flexibility index (Phi) is 5.88. The van der Waals surface area contributed by atoms with Crippen LogP contribution in [0.2, 0.25) is 0 Å². The van der Waals surface area contributed by atoms with E-state index in [1.807, 2.05) is 6.92 Å². The van der Waals surface area contributed by atoms with Crippen molar-refractivity contribution in [1.82, 2.24) is 15.0 Å². The van der Waals surface area contributed by atoms with Gasteiger partial charge >= 0.3 is 0 Å². The number of nitrogens with zero attached hydrogens (tertiary/aromatic N) is 1. The molecule has 0 atom stereocenters. The first-order chi connectivity index (χ1) is 11.5. The molecule has 0 bridgehead atoms. The number of pyridine rings is 1. The first-order valence-electron chi connectivity index (χ1n) is 7.36. The number of ether oxygens (including phenoxy) is 1. The third-order valence-corrected chi connectivity index (χ3v) is 4.66. The fraction of sp³-hybridized carbons (Fsp3) is 0.250. The van der Waals surface area contributed by atoms with Crippen LogP contribution in [0.15, 0.2) is 47.5 Å². The number of aromatic nitrogens is 1. The summed E-state index contributed by atoms with van der Waals surface area (Å²) in [6.07, 6.45) is 1.61. The summed E-state index contributed by atoms with van der Waals surface area (Å²) in [5.74, 6) is 0.0845. The minimum absolute atomic E-state index is 0.0361. The van der Waals surface area contributed by atoms with E-state index < -0.39 is 10.0 Å². The summed E-state index contributed by atoms with van der Waals surface area (Å²) < 4.78 is 31.2. The van der Waals surface area contributed by atoms with E-state index >= 15 is 0 Å². The molecule has 0 unspecified atom stereocenters. The van der Waals surface area contributed by atoms with Crippen molar-refractivity contribution in [3.8, 4) is 5.88 Å². The zero-order valence-electron chi connectivity index (χ0n) is 13.4. The second kappa shape index (κ2) is 7.89. The van der Waals surface area contributed by atoms with Gasteiger partial charge < -0.3 is 10.1 Å². The molecule has 0 spiro atoms. The van der Waals surface area contributed by atoms with Crippen LogP contribution in [0.5, 0.6) is 5.88 Å². The van der Waals surface area contributed by atoms with Crippen LogP contribution in [0.1, 0.15) is 22.8 Å². The second-order valence-corrected chi connectivity index (χ2v) is 6.71. The Balaban J connectivity index is 2.13. The summed E-state index contributed by atoms with van der Waals surface area (Å²) in [6.45, 7) is 2.55. The van der Waals surface area contributed by atoms with Gasteiger partial charge in [0.2, 0.25) is 15.9 Å². The molecule has 2 N–H and O–H groups in total. The number of carbonyl (C=O) groups is 1. The SMILES string of the molecule is CCOc1ncccc1CNC(=O)c1cccc(S(=O)(=O)NC)c1. The molecule has 24 heavy (non-hydrogen) atoms. The quantitative estimate of drug-likeness (QED) is 0.786. The van der Waals surface area contributed by atoms with E-state index in [9.17, 15) is 13.2 Å². The molecule has 8 heteroatoms. The number of carbonyl (C=O) groups excluding carboxylic acids is 1. The third kappa shape index (κ3) is 4.30. The van der Waals surface area contributed by atoms with Crippen molar-refractivity contribution < 1.29 is 17.9 Å². The van der Waals surface area contributed by atoms with E-state index in [0.717, 1.165) is 5.56 Å². The Morgan fingerprint density at radius 1 is 1.25 bits per heavy atom. The summed E-state index contributed by atoms with van der Waals surface area (Å²) in [5, 5.41) is 2.74. The highest BCUT2D eigenvalue weighted by molar-refractivity contribution is 7.89. The zero-order chi connectivity index (χ0) is 17.6. The maximum Gasteiger partial charge on any atom is 0.251 e. The third-order valence-electron chi connectivity index (χ3n) is 3.25. The lowest BCUT2D eigenvalue weighted by atomic mass is 10.2. The summed E-state index contributed by atoms with van der Waals surface area (Å²) in [5.41, 5.74) is 1.000. The molecule has 0 aliphatic rings. The van der Waals surface area contributed by atoms with Crippen molar-refractivity contribution in [3.05, 3.63) is 53.7 Å². The number of amides is 1. The molecule has 0 aliphatic heterocycles. The number of hydrogen-bond acceptors (Lipinski definition) is 5. The zero-order valence-corrected chi connectivity index (χ0v) is 14.3. The van der Waals surface area contributed by atoms with Gasteiger partial charge in [0.25, 0.3) is 5.91 Å². The normalized spacial score (nSPS) is 11.1. The van der Waals surface area contributed by atoms with Crippen molar-refractivity contribution in [2.75, 3.05) is 13.7 Å². The average Bonchev–Trinajstić information content (AvgIpc) is 2.61. The molecule has 7 nitrogen and oxygen atoms in total. The van der Waals surface area contributed by atoms with Crippen LogP contribution >= 0.6 is 0 Å². The first-order valence-corrected chi connectivity index (χ1v) is 8.84. The number of benzene rings is 1. The number of sulfonamides is 1. The lowest BCUT2D eigenvalue weighted by Gasteiger charge is -2.10. The lowest BCUT2D eigenvalue weighted by molar-refractivity contribution is 0.0950. The topological polar surface area (TPSA) is 97.4 Å². The summed E-state index contributed by atoms with van der Waals surface area (Å²) in [4.78, 5) is 16.4. The van der Waals surface area contributed by atoms with E-state index in [0.29, 0.717) is 12.5 Å². The molecule has 0 aliphatic carbocycles. The highest BCUT2D eigenvalue weighted by atomic mass is 32.2. The summed E-state index contributed by atoms with van der Waals surface area (Å²) >= 11 is 0. The van der Waals surface area contributed by atoms with Gasteiger partial charge in [0.15, 0.2) is 0 Å². The molecule has 1 heterocycles. The Labute approximate surface area is 141 Å². The minimum atomic E-state index is -3.60. The van der Waals surface area contributed by atoms with Crippen LogP contribution in [-0.2, 0) is 16.6 Å². The van der Waals surface area contributed by atoms with Crippen LogP contribution in [0, 0.1) is 0 Å². The summed E-state index contributed by atoms with van der Waals surface area (Å²) in [6, 6.07) is 9.39. The van der Waals surface area contributed by atoms with Crippen LogP contribution in [0.4, 0.5) is 0 Å². The number of nitrogens with one attached hydrogen (secondary N) is 2. The van der Waals surface area contributed by atoms with E-state index in [4.69, 9.17) is 4.74 Å². The van der Waals surface area contributed by atoms with Gasteiger partial charge in [0.05, 0.1) is 11.5 Å². The van der Waals surface area contributed by atoms with Gasteiger partial charge in [-0.15, -0.1) is 0 Å². The number of hydrogen-bond donors (Lipinski definition) is 2. The fourth-order valence-electron chi connectivity index (χ4n) is 2.03. The largest absolute Gasteiger partial charge is 0.478 e. The molecule has 0 saturated heterocycles. The monoisotopic (exact) mass is 349 g/mol. The molecule has 1 amide bonds. The van der Waals surface area contributed by atoms with Gasteiger partial charge in [-0.3, -0.25) is 4.79 Å². The standard InChI is InChI=1S/C16H19N3O4S/c1-3-23-16-13(7-5-9-18-16)11-19-15(20)12-6-4-8-14(10-12)24(21,22)17-2/h4-10,17H,3,11H2,1-2H3,(H,19,20). The van der Waals surface area contributed by atoms with Gasteiger partial charge in [-0.1, -0.05) is 12.1 Å². The van der Waals surface area contributed by atoms with Gasteiger partial charge in [-0.2, -0.15) is 0 Å². The predicted molar refractivity (Wildman–Crippen MR) is 89.3 cm³/mol. The first kappa shape index (κ1) is 17.9. The number of rotatable bonds is 7. The van der Waals surface area contributed by atoms with Gasteiger partial charge in [-0.05, 0) is 38.2 Å². The van der Waals surface area contributed by atoms with E-state index in [1.165, 1.54) is 25.2 Å². The van der Waals surface area contributed by atoms with Gasteiger partial charge in [0.1, 0.15) is 0 Å². The smallest absolute Gasteiger partial charge is 0.251 e. The van der Waals surface area contributed by atoms with Gasteiger partial charge in [0, 0.05) is 23.9 Å². The molecule has 0 saturated carbocycles. The van der Waals surface area contributed by atoms with Crippen molar-refractivity contribution in [2.24, 2.45) is 0 Å². The average molecular weight is 349 g/mol. The molecule has 0 radical (unpaired) electrons. The van der Waals surface area contributed by atoms with E-state index in [-0.39, 0.29) is 22.9 Å². The predicted octanol–water partition coefficient (Wildman–Crippen LogP) is 1.32. The Morgan fingerprint density at radius 2 is 2.04 bits per heavy atom. The van der Waals surface area contributed by atoms with Crippen LogP contribution < -0.4 is 14.8 Å². The maximum atomic E-state index is 12.3. The maximum absolute atomic E-state index is 12.3. The summed E-state index contributed by atoms with van der Waals surface area (Å²) in [7, 11) is -2.28. The molecule has 1 aromatic carbocycles. The van der Waals surface area contributed by atoms with E-state index in [2.05, 4.69) is 15.0 Å². The molecule has 2 rings (SSSR count). The lowest BCUT2D eigenvalue weighted by Crippen LogP contribution is -2.24. The molecule has 128 valence electrons. The van der Waals surface area contributed by atoms with Crippen molar-refractivity contribution in [2.45, 2.75) is 18.4 Å². The van der Waals surface area contributed by atoms with Crippen LogP contribution in [0.25, 0.3) is 0 Å². The molecule has 0 fully saturated rings. The van der Waals surface area contributed by atoms with Crippen molar-refractivity contribution in [1.29, 1.82) is 0 Å². The molecular formula is C16H19N3O4S. The van der Waals surface area contributed by atoms with Crippen LogP contribution in [0.3, 0.4) is 0 Å². The highest BCUT2D eigenvalue weighted by Crippen LogP contribution is 2.15. The Morgan fingerprint density at radius 3 is 2.75 bits per heavy atom. The van der Waals surface area contributed by atoms with Gasteiger partial charge in [-0.25, -0.2) is 18.1 Å². The van der Waals surface area contributed by atoms with Crippen molar-refractivity contribution in [3.63, 3.8) is 0 Å². The highest BCUT2D eigenvalue weighted by Gasteiger charge is 2.14. The fourth-order valence-corrected chi connectivity index (χ4v) is 2.80. The Bertz CT molecular complexity index is 822. The molecular weight excluding hydrogens is 330 g/mol. The molecule has 1 aromatic heterocycles. The Hall–Kier alpha value is -2.45.